The van der Waals surface area contributed by atoms with Gasteiger partial charge in [-0.1, -0.05) is 32.4 Å². The van der Waals surface area contributed by atoms with Gasteiger partial charge >= 0.3 is 0 Å². The molecule has 0 amide bonds. The quantitative estimate of drug-likeness (QED) is 0.860. The maximum absolute atomic E-state index is 11.9. The molecule has 0 bridgehead atoms. The monoisotopic (exact) mass is 340 g/mol. The summed E-state index contributed by atoms with van der Waals surface area (Å²) in [6.45, 7) is 6.21. The van der Waals surface area contributed by atoms with Crippen LogP contribution in [0.4, 0.5) is 0 Å². The molecule has 0 saturated heterocycles. The first-order chi connectivity index (χ1) is 7.62. The third-order valence-corrected chi connectivity index (χ3v) is 4.38. The zero-order valence-electron chi connectivity index (χ0n) is 9.79. The highest BCUT2D eigenvalue weighted by Crippen LogP contribution is 2.23. The third kappa shape index (κ3) is 4.54. The first-order valence-corrected chi connectivity index (χ1v) is 7.58. The van der Waals surface area contributed by atoms with Gasteiger partial charge in [-0.25, -0.2) is 18.1 Å². The molecule has 1 aromatic rings. The summed E-state index contributed by atoms with van der Waals surface area (Å²) < 4.78 is 26.8. The SMILES string of the molecule is CC(C)(C)CNS(=O)(=O)c1cnc(Cl)c(Br)c1. The molecular formula is C10H14BrClN2O2S. The second kappa shape index (κ2) is 5.22. The largest absolute Gasteiger partial charge is 0.242 e. The number of rotatable bonds is 3. The van der Waals surface area contributed by atoms with E-state index in [1.54, 1.807) is 0 Å². The van der Waals surface area contributed by atoms with Crippen LogP contribution in [0.1, 0.15) is 20.8 Å². The first-order valence-electron chi connectivity index (χ1n) is 4.92. The summed E-state index contributed by atoms with van der Waals surface area (Å²) in [6.07, 6.45) is 1.23. The number of pyridine rings is 1. The summed E-state index contributed by atoms with van der Waals surface area (Å²) in [7, 11) is -3.53. The predicted octanol–water partition coefficient (Wildman–Crippen LogP) is 2.82. The van der Waals surface area contributed by atoms with Crippen molar-refractivity contribution in [3.05, 3.63) is 21.9 Å². The Morgan fingerprint density at radius 1 is 1.47 bits per heavy atom. The molecule has 96 valence electrons. The van der Waals surface area contributed by atoms with Crippen LogP contribution in [0.3, 0.4) is 0 Å². The van der Waals surface area contributed by atoms with Gasteiger partial charge in [-0.3, -0.25) is 0 Å². The van der Waals surface area contributed by atoms with Crippen molar-refractivity contribution in [1.82, 2.24) is 9.71 Å². The van der Waals surface area contributed by atoms with Crippen LogP contribution < -0.4 is 4.72 Å². The number of nitrogens with one attached hydrogen (secondary N) is 1. The number of hydrogen-bond donors (Lipinski definition) is 1. The molecule has 0 aromatic carbocycles. The average molecular weight is 342 g/mol. The van der Waals surface area contributed by atoms with Crippen LogP contribution in [0.2, 0.25) is 5.15 Å². The molecule has 1 rings (SSSR count). The lowest BCUT2D eigenvalue weighted by Gasteiger charge is -2.18. The standard InChI is InChI=1S/C10H14BrClN2O2S/c1-10(2,3)6-14-17(15,16)7-4-8(11)9(12)13-5-7/h4-5,14H,6H2,1-3H3. The van der Waals surface area contributed by atoms with E-state index in [0.29, 0.717) is 11.0 Å². The Kier molecular flexibility index (Phi) is 4.57. The fourth-order valence-electron chi connectivity index (χ4n) is 0.945. The molecule has 0 aliphatic carbocycles. The van der Waals surface area contributed by atoms with Gasteiger partial charge in [0.05, 0.1) is 4.47 Å². The molecule has 0 radical (unpaired) electrons. The Hall–Kier alpha value is -0.170. The first kappa shape index (κ1) is 14.9. The Bertz CT molecular complexity index is 512. The summed E-state index contributed by atoms with van der Waals surface area (Å²) in [5, 5.41) is 0.236. The zero-order chi connectivity index (χ0) is 13.3. The highest BCUT2D eigenvalue weighted by molar-refractivity contribution is 9.10. The molecule has 0 spiro atoms. The highest BCUT2D eigenvalue weighted by atomic mass is 79.9. The average Bonchev–Trinajstić information content (AvgIpc) is 2.18. The number of halogens is 2. The molecule has 0 aliphatic rings. The van der Waals surface area contributed by atoms with E-state index in [1.165, 1.54) is 12.3 Å². The lowest BCUT2D eigenvalue weighted by atomic mass is 9.98. The lowest BCUT2D eigenvalue weighted by Crippen LogP contribution is -2.32. The van der Waals surface area contributed by atoms with Crippen LogP contribution in [0.25, 0.3) is 0 Å². The summed E-state index contributed by atoms with van der Waals surface area (Å²) in [6, 6.07) is 1.43. The molecule has 4 nitrogen and oxygen atoms in total. The third-order valence-electron chi connectivity index (χ3n) is 1.87. The van der Waals surface area contributed by atoms with Gasteiger partial charge < -0.3 is 0 Å². The molecule has 0 aliphatic heterocycles. The molecule has 0 unspecified atom stereocenters. The maximum Gasteiger partial charge on any atom is 0.242 e. The Balaban J connectivity index is 2.94. The fourth-order valence-corrected chi connectivity index (χ4v) is 2.80. The van der Waals surface area contributed by atoms with E-state index in [1.807, 2.05) is 20.8 Å². The second-order valence-corrected chi connectivity index (χ2v) is 7.81. The summed E-state index contributed by atoms with van der Waals surface area (Å²) >= 11 is 8.85. The van der Waals surface area contributed by atoms with Gasteiger partial charge in [0.2, 0.25) is 10.0 Å². The minimum atomic E-state index is -3.53. The molecule has 1 aromatic heterocycles. The van der Waals surface area contributed by atoms with Gasteiger partial charge in [0.25, 0.3) is 0 Å². The van der Waals surface area contributed by atoms with Crippen LogP contribution in [-0.4, -0.2) is 19.9 Å². The van der Waals surface area contributed by atoms with Crippen molar-refractivity contribution >= 4 is 37.6 Å². The zero-order valence-corrected chi connectivity index (χ0v) is 12.9. The van der Waals surface area contributed by atoms with Crippen molar-refractivity contribution in [2.45, 2.75) is 25.7 Å². The van der Waals surface area contributed by atoms with Crippen LogP contribution in [0.5, 0.6) is 0 Å². The molecule has 7 heteroatoms. The number of nitrogens with zero attached hydrogens (tertiary/aromatic N) is 1. The van der Waals surface area contributed by atoms with Gasteiger partial charge in [0, 0.05) is 12.7 Å². The number of aromatic nitrogens is 1. The molecule has 0 saturated carbocycles. The second-order valence-electron chi connectivity index (χ2n) is 4.83. The normalized spacial score (nSPS) is 12.8. The van der Waals surface area contributed by atoms with Gasteiger partial charge in [-0.2, -0.15) is 0 Å². The molecule has 1 N–H and O–H groups in total. The van der Waals surface area contributed by atoms with Gasteiger partial charge in [-0.05, 0) is 27.4 Å². The highest BCUT2D eigenvalue weighted by Gasteiger charge is 2.19. The van der Waals surface area contributed by atoms with E-state index in [2.05, 4.69) is 25.6 Å². The van der Waals surface area contributed by atoms with E-state index >= 15 is 0 Å². The number of hydrogen-bond acceptors (Lipinski definition) is 3. The van der Waals surface area contributed by atoms with Crippen molar-refractivity contribution in [2.75, 3.05) is 6.54 Å². The van der Waals surface area contributed by atoms with Gasteiger partial charge in [0.1, 0.15) is 10.0 Å². The van der Waals surface area contributed by atoms with E-state index in [-0.39, 0.29) is 15.5 Å². The van der Waals surface area contributed by atoms with E-state index in [0.717, 1.165) is 0 Å². The Morgan fingerprint density at radius 2 is 2.06 bits per heavy atom. The molecule has 1 heterocycles. The van der Waals surface area contributed by atoms with Crippen LogP contribution in [0.15, 0.2) is 21.6 Å². The summed E-state index contributed by atoms with van der Waals surface area (Å²) in [5.41, 5.74) is -0.121. The molecule has 0 atom stereocenters. The van der Waals surface area contributed by atoms with Crippen molar-refractivity contribution < 1.29 is 8.42 Å². The molecule has 17 heavy (non-hydrogen) atoms. The van der Waals surface area contributed by atoms with Gasteiger partial charge in [0.15, 0.2) is 0 Å². The number of sulfonamides is 1. The maximum atomic E-state index is 11.9. The molecular weight excluding hydrogens is 328 g/mol. The van der Waals surface area contributed by atoms with Crippen molar-refractivity contribution in [1.29, 1.82) is 0 Å². The van der Waals surface area contributed by atoms with Crippen LogP contribution >= 0.6 is 27.5 Å². The van der Waals surface area contributed by atoms with Gasteiger partial charge in [-0.15, -0.1) is 0 Å². The minimum absolute atomic E-state index is 0.0954. The van der Waals surface area contributed by atoms with Crippen molar-refractivity contribution in [3.63, 3.8) is 0 Å². The Morgan fingerprint density at radius 3 is 2.53 bits per heavy atom. The fraction of sp³-hybridized carbons (Fsp3) is 0.500. The molecule has 0 fully saturated rings. The Labute approximate surface area is 115 Å². The van der Waals surface area contributed by atoms with Crippen LogP contribution in [0, 0.1) is 5.41 Å². The lowest BCUT2D eigenvalue weighted by molar-refractivity contribution is 0.407. The van der Waals surface area contributed by atoms with Crippen molar-refractivity contribution in [3.8, 4) is 0 Å². The topological polar surface area (TPSA) is 59.1 Å². The van der Waals surface area contributed by atoms with E-state index in [9.17, 15) is 8.42 Å². The van der Waals surface area contributed by atoms with E-state index in [4.69, 9.17) is 11.6 Å². The minimum Gasteiger partial charge on any atom is -0.242 e. The summed E-state index contributed by atoms with van der Waals surface area (Å²) in [5.74, 6) is 0. The smallest absolute Gasteiger partial charge is 0.242 e. The predicted molar refractivity (Wildman–Crippen MR) is 71.6 cm³/mol. The van der Waals surface area contributed by atoms with Crippen molar-refractivity contribution in [2.24, 2.45) is 5.41 Å². The van der Waals surface area contributed by atoms with Crippen LogP contribution in [-0.2, 0) is 10.0 Å². The summed E-state index contributed by atoms with van der Waals surface area (Å²) in [4.78, 5) is 3.88. The van der Waals surface area contributed by atoms with E-state index < -0.39 is 10.0 Å².